The lowest BCUT2D eigenvalue weighted by molar-refractivity contribution is -0.120. The third-order valence-electron chi connectivity index (χ3n) is 5.96. The van der Waals surface area contributed by atoms with Crippen LogP contribution in [0.4, 0.5) is 0 Å². The van der Waals surface area contributed by atoms with Gasteiger partial charge in [-0.3, -0.25) is 14.2 Å². The number of carbonyl (C=O) groups excluding carboxylic acids is 1. The number of aromatic nitrogens is 2. The Balaban J connectivity index is 1.62. The van der Waals surface area contributed by atoms with Gasteiger partial charge in [0.15, 0.2) is 5.16 Å². The first-order valence-corrected chi connectivity index (χ1v) is 12.4. The summed E-state index contributed by atoms with van der Waals surface area (Å²) in [4.78, 5) is 33.4. The molecular weight excluding hydrogens is 414 g/mol. The SMILES string of the molecule is O=C1NCCCC[C@@H]1Sc1nc2sc3c(c2c(=O)n1Cc1ccccc1)CCCC3. The summed E-state index contributed by atoms with van der Waals surface area (Å²) in [5, 5.41) is 4.27. The van der Waals surface area contributed by atoms with Crippen molar-refractivity contribution in [1.29, 1.82) is 0 Å². The molecule has 0 bridgehead atoms. The van der Waals surface area contributed by atoms with Crippen molar-refractivity contribution in [2.24, 2.45) is 0 Å². The normalized spacial score (nSPS) is 19.3. The Labute approximate surface area is 183 Å². The Morgan fingerprint density at radius 2 is 1.93 bits per heavy atom. The van der Waals surface area contributed by atoms with Crippen LogP contribution in [0.3, 0.4) is 0 Å². The average molecular weight is 440 g/mol. The van der Waals surface area contributed by atoms with Gasteiger partial charge in [-0.25, -0.2) is 4.98 Å². The Hall–Kier alpha value is -2.12. The molecule has 1 aliphatic heterocycles. The van der Waals surface area contributed by atoms with Crippen molar-refractivity contribution >= 4 is 39.2 Å². The summed E-state index contributed by atoms with van der Waals surface area (Å²) in [5.41, 5.74) is 2.32. The second-order valence-corrected chi connectivity index (χ2v) is 10.3. The van der Waals surface area contributed by atoms with Crippen LogP contribution in [0.5, 0.6) is 0 Å². The van der Waals surface area contributed by atoms with Crippen molar-refractivity contribution in [1.82, 2.24) is 14.9 Å². The van der Waals surface area contributed by atoms with E-state index in [1.165, 1.54) is 28.6 Å². The van der Waals surface area contributed by atoms with Crippen LogP contribution in [0.2, 0.25) is 0 Å². The summed E-state index contributed by atoms with van der Waals surface area (Å²) >= 11 is 3.12. The summed E-state index contributed by atoms with van der Waals surface area (Å²) in [7, 11) is 0. The fourth-order valence-electron chi connectivity index (χ4n) is 4.37. The summed E-state index contributed by atoms with van der Waals surface area (Å²) in [5.74, 6) is 0.0589. The van der Waals surface area contributed by atoms with Crippen molar-refractivity contribution in [3.63, 3.8) is 0 Å². The van der Waals surface area contributed by atoms with Gasteiger partial charge in [-0.2, -0.15) is 0 Å². The van der Waals surface area contributed by atoms with Crippen molar-refractivity contribution < 1.29 is 4.79 Å². The maximum atomic E-state index is 13.7. The van der Waals surface area contributed by atoms with E-state index in [1.54, 1.807) is 15.9 Å². The molecule has 1 aliphatic carbocycles. The van der Waals surface area contributed by atoms with E-state index in [2.05, 4.69) is 5.32 Å². The highest BCUT2D eigenvalue weighted by Crippen LogP contribution is 2.36. The molecule has 3 heterocycles. The summed E-state index contributed by atoms with van der Waals surface area (Å²) < 4.78 is 1.79. The number of hydrogen-bond acceptors (Lipinski definition) is 5. The Bertz CT molecular complexity index is 1140. The maximum Gasteiger partial charge on any atom is 0.263 e. The topological polar surface area (TPSA) is 64.0 Å². The third kappa shape index (κ3) is 3.81. The second kappa shape index (κ2) is 8.55. The van der Waals surface area contributed by atoms with Crippen LogP contribution in [-0.2, 0) is 24.2 Å². The van der Waals surface area contributed by atoms with E-state index in [4.69, 9.17) is 4.98 Å². The van der Waals surface area contributed by atoms with Gasteiger partial charge in [0.05, 0.1) is 17.2 Å². The number of nitrogens with one attached hydrogen (secondary N) is 1. The number of thioether (sulfide) groups is 1. The van der Waals surface area contributed by atoms with Crippen LogP contribution >= 0.6 is 23.1 Å². The molecule has 156 valence electrons. The van der Waals surface area contributed by atoms with Gasteiger partial charge in [-0.15, -0.1) is 11.3 Å². The van der Waals surface area contributed by atoms with E-state index >= 15 is 0 Å². The fraction of sp³-hybridized carbons (Fsp3) is 0.435. The van der Waals surface area contributed by atoms with Gasteiger partial charge in [0, 0.05) is 11.4 Å². The number of hydrogen-bond donors (Lipinski definition) is 1. The van der Waals surface area contributed by atoms with E-state index in [0.29, 0.717) is 11.7 Å². The minimum atomic E-state index is -0.200. The lowest BCUT2D eigenvalue weighted by Crippen LogP contribution is -2.32. The van der Waals surface area contributed by atoms with Crippen LogP contribution in [0.1, 0.15) is 48.1 Å². The molecular formula is C23H25N3O2S2. The third-order valence-corrected chi connectivity index (χ3v) is 8.40. The zero-order valence-electron chi connectivity index (χ0n) is 16.9. The van der Waals surface area contributed by atoms with Gasteiger partial charge in [0.1, 0.15) is 4.83 Å². The first-order chi connectivity index (χ1) is 14.7. The molecule has 30 heavy (non-hydrogen) atoms. The first kappa shape index (κ1) is 19.8. The van der Waals surface area contributed by atoms with E-state index in [-0.39, 0.29) is 16.7 Å². The van der Waals surface area contributed by atoms with E-state index in [1.807, 2.05) is 30.3 Å². The summed E-state index contributed by atoms with van der Waals surface area (Å²) in [6.45, 7) is 1.21. The smallest absolute Gasteiger partial charge is 0.263 e. The molecule has 7 heteroatoms. The van der Waals surface area contributed by atoms with Crippen LogP contribution in [0.25, 0.3) is 10.2 Å². The largest absolute Gasteiger partial charge is 0.355 e. The molecule has 0 radical (unpaired) electrons. The number of thiophene rings is 1. The average Bonchev–Trinajstić information content (AvgIpc) is 3.02. The Morgan fingerprint density at radius 3 is 2.80 bits per heavy atom. The number of benzene rings is 1. The van der Waals surface area contributed by atoms with Crippen molar-refractivity contribution in [3.8, 4) is 0 Å². The zero-order valence-corrected chi connectivity index (χ0v) is 18.5. The van der Waals surface area contributed by atoms with Crippen molar-refractivity contribution in [2.45, 2.75) is 61.9 Å². The molecule has 2 aliphatic rings. The van der Waals surface area contributed by atoms with Crippen LogP contribution in [-0.4, -0.2) is 27.3 Å². The Kier molecular flexibility index (Phi) is 5.65. The van der Waals surface area contributed by atoms with E-state index in [9.17, 15) is 9.59 Å². The molecule has 1 amide bonds. The van der Waals surface area contributed by atoms with Crippen molar-refractivity contribution in [3.05, 3.63) is 56.7 Å². The number of nitrogens with zero attached hydrogens (tertiary/aromatic N) is 2. The van der Waals surface area contributed by atoms with Gasteiger partial charge >= 0.3 is 0 Å². The molecule has 0 unspecified atom stereocenters. The molecule has 0 spiro atoms. The number of fused-ring (bicyclic) bond motifs is 3. The standard InChI is InChI=1S/C23H25N3O2S2/c27-20-18(12-6-7-13-24-20)30-23-25-21-19(16-10-4-5-11-17(16)29-21)22(28)26(23)14-15-8-2-1-3-9-15/h1-3,8-9,18H,4-7,10-14H2,(H,24,27)/t18-/m0/s1. The minimum Gasteiger partial charge on any atom is -0.355 e. The molecule has 1 aromatic carbocycles. The lowest BCUT2D eigenvalue weighted by Gasteiger charge is -2.17. The predicted molar refractivity (Wildman–Crippen MR) is 123 cm³/mol. The monoisotopic (exact) mass is 439 g/mol. The molecule has 5 nitrogen and oxygen atoms in total. The summed E-state index contributed by atoms with van der Waals surface area (Å²) in [6.07, 6.45) is 7.16. The lowest BCUT2D eigenvalue weighted by atomic mass is 9.97. The highest BCUT2D eigenvalue weighted by Gasteiger charge is 2.27. The van der Waals surface area contributed by atoms with Crippen LogP contribution in [0, 0.1) is 0 Å². The van der Waals surface area contributed by atoms with Crippen LogP contribution in [0.15, 0.2) is 40.3 Å². The molecule has 5 rings (SSSR count). The molecule has 0 saturated carbocycles. The molecule has 1 atom stereocenters. The van der Waals surface area contributed by atoms with E-state index < -0.39 is 0 Å². The zero-order chi connectivity index (χ0) is 20.5. The van der Waals surface area contributed by atoms with Gasteiger partial charge in [0.25, 0.3) is 5.56 Å². The molecule has 2 aromatic heterocycles. The fourth-order valence-corrected chi connectivity index (χ4v) is 6.82. The highest BCUT2D eigenvalue weighted by molar-refractivity contribution is 8.00. The number of carbonyl (C=O) groups is 1. The minimum absolute atomic E-state index is 0.0415. The predicted octanol–water partition coefficient (Wildman–Crippen LogP) is 4.15. The molecule has 1 saturated heterocycles. The number of aryl methyl sites for hydroxylation is 2. The van der Waals surface area contributed by atoms with Gasteiger partial charge in [-0.05, 0) is 49.7 Å². The maximum absolute atomic E-state index is 13.7. The molecule has 1 N–H and O–H groups in total. The van der Waals surface area contributed by atoms with E-state index in [0.717, 1.165) is 60.8 Å². The Morgan fingerprint density at radius 1 is 1.10 bits per heavy atom. The van der Waals surface area contributed by atoms with Gasteiger partial charge in [0.2, 0.25) is 5.91 Å². The van der Waals surface area contributed by atoms with Gasteiger partial charge < -0.3 is 5.32 Å². The van der Waals surface area contributed by atoms with Crippen LogP contribution < -0.4 is 10.9 Å². The molecule has 1 fully saturated rings. The van der Waals surface area contributed by atoms with Gasteiger partial charge in [-0.1, -0.05) is 48.5 Å². The highest BCUT2D eigenvalue weighted by atomic mass is 32.2. The molecule has 3 aromatic rings. The number of amides is 1. The second-order valence-electron chi connectivity index (χ2n) is 8.06. The number of rotatable bonds is 4. The first-order valence-electron chi connectivity index (χ1n) is 10.7. The summed E-state index contributed by atoms with van der Waals surface area (Å²) in [6, 6.07) is 10.0. The van der Waals surface area contributed by atoms with Crippen molar-refractivity contribution in [2.75, 3.05) is 6.54 Å². The quantitative estimate of drug-likeness (QED) is 0.621.